The lowest BCUT2D eigenvalue weighted by Crippen LogP contribution is -2.37. The summed E-state index contributed by atoms with van der Waals surface area (Å²) in [5, 5.41) is 19.0. The standard InChI is InChI=1S/C10H22O2/c1-6-10(11,12)8(2)7-9(3,4)5/h8,11-12H,6-7H2,1-5H3. The zero-order chi connectivity index (χ0) is 9.99. The number of hydrogen-bond acceptors (Lipinski definition) is 2. The lowest BCUT2D eigenvalue weighted by Gasteiger charge is -2.32. The maximum Gasteiger partial charge on any atom is 0.164 e. The van der Waals surface area contributed by atoms with E-state index in [-0.39, 0.29) is 11.3 Å². The van der Waals surface area contributed by atoms with Crippen LogP contribution in [0.4, 0.5) is 0 Å². The van der Waals surface area contributed by atoms with Crippen molar-refractivity contribution in [3.05, 3.63) is 0 Å². The van der Waals surface area contributed by atoms with Gasteiger partial charge in [-0.05, 0) is 18.3 Å². The summed E-state index contributed by atoms with van der Waals surface area (Å²) in [6.07, 6.45) is 1.22. The molecule has 12 heavy (non-hydrogen) atoms. The van der Waals surface area contributed by atoms with E-state index in [1.165, 1.54) is 0 Å². The molecule has 0 radical (unpaired) electrons. The SMILES string of the molecule is CCC(O)(O)C(C)CC(C)(C)C. The van der Waals surface area contributed by atoms with Crippen molar-refractivity contribution < 1.29 is 10.2 Å². The van der Waals surface area contributed by atoms with Gasteiger partial charge in [-0.3, -0.25) is 0 Å². The quantitative estimate of drug-likeness (QED) is 0.644. The highest BCUT2D eigenvalue weighted by molar-refractivity contribution is 4.75. The lowest BCUT2D eigenvalue weighted by atomic mass is 9.81. The van der Waals surface area contributed by atoms with Crippen molar-refractivity contribution >= 4 is 0 Å². The molecule has 0 saturated carbocycles. The van der Waals surface area contributed by atoms with Crippen LogP contribution in [-0.4, -0.2) is 16.0 Å². The van der Waals surface area contributed by atoms with Gasteiger partial charge in [0.05, 0.1) is 0 Å². The van der Waals surface area contributed by atoms with E-state index in [9.17, 15) is 10.2 Å². The zero-order valence-electron chi connectivity index (χ0n) is 8.89. The normalized spacial score (nSPS) is 16.2. The molecule has 2 N–H and O–H groups in total. The van der Waals surface area contributed by atoms with Gasteiger partial charge in [-0.15, -0.1) is 0 Å². The van der Waals surface area contributed by atoms with Crippen LogP contribution in [0.1, 0.15) is 47.5 Å². The second-order valence-electron chi connectivity index (χ2n) is 4.90. The molecule has 0 fully saturated rings. The van der Waals surface area contributed by atoms with Gasteiger partial charge >= 0.3 is 0 Å². The Labute approximate surface area is 75.6 Å². The molecule has 0 aromatic rings. The van der Waals surface area contributed by atoms with Crippen molar-refractivity contribution in [3.8, 4) is 0 Å². The molecule has 1 atom stereocenters. The Kier molecular flexibility index (Phi) is 3.73. The van der Waals surface area contributed by atoms with E-state index < -0.39 is 5.79 Å². The van der Waals surface area contributed by atoms with Crippen molar-refractivity contribution in [2.75, 3.05) is 0 Å². The second kappa shape index (κ2) is 3.75. The van der Waals surface area contributed by atoms with Gasteiger partial charge in [-0.2, -0.15) is 0 Å². The van der Waals surface area contributed by atoms with E-state index in [0.29, 0.717) is 6.42 Å². The largest absolute Gasteiger partial charge is 0.365 e. The first-order valence-electron chi connectivity index (χ1n) is 4.64. The van der Waals surface area contributed by atoms with Gasteiger partial charge in [0.2, 0.25) is 0 Å². The van der Waals surface area contributed by atoms with Gasteiger partial charge in [0.25, 0.3) is 0 Å². The highest BCUT2D eigenvalue weighted by atomic mass is 16.5. The van der Waals surface area contributed by atoms with Gasteiger partial charge in [-0.25, -0.2) is 0 Å². The average Bonchev–Trinajstić information content (AvgIpc) is 1.84. The maximum atomic E-state index is 9.51. The van der Waals surface area contributed by atoms with Crippen molar-refractivity contribution in [2.24, 2.45) is 11.3 Å². The third-order valence-corrected chi connectivity index (χ3v) is 2.23. The fraction of sp³-hybridized carbons (Fsp3) is 1.00. The fourth-order valence-corrected chi connectivity index (χ4v) is 1.43. The number of hydrogen-bond donors (Lipinski definition) is 2. The van der Waals surface area contributed by atoms with E-state index in [0.717, 1.165) is 6.42 Å². The molecule has 0 heterocycles. The Morgan fingerprint density at radius 1 is 1.17 bits per heavy atom. The van der Waals surface area contributed by atoms with Crippen molar-refractivity contribution in [1.82, 2.24) is 0 Å². The molecule has 0 aliphatic carbocycles. The molecule has 0 aromatic heterocycles. The summed E-state index contributed by atoms with van der Waals surface area (Å²) in [5.41, 5.74) is 0.158. The van der Waals surface area contributed by atoms with Crippen LogP contribution in [-0.2, 0) is 0 Å². The monoisotopic (exact) mass is 174 g/mol. The predicted molar refractivity (Wildman–Crippen MR) is 50.7 cm³/mol. The van der Waals surface area contributed by atoms with Gasteiger partial charge in [0, 0.05) is 5.92 Å². The molecule has 0 aromatic carbocycles. The minimum atomic E-state index is -1.49. The minimum Gasteiger partial charge on any atom is -0.365 e. The summed E-state index contributed by atoms with van der Waals surface area (Å²) >= 11 is 0. The van der Waals surface area contributed by atoms with E-state index in [1.807, 2.05) is 6.92 Å². The van der Waals surface area contributed by atoms with Gasteiger partial charge in [0.15, 0.2) is 5.79 Å². The van der Waals surface area contributed by atoms with Crippen LogP contribution in [0.5, 0.6) is 0 Å². The summed E-state index contributed by atoms with van der Waals surface area (Å²) in [5.74, 6) is -1.56. The summed E-state index contributed by atoms with van der Waals surface area (Å²) in [6.45, 7) is 9.99. The van der Waals surface area contributed by atoms with Crippen LogP contribution in [0.2, 0.25) is 0 Å². The van der Waals surface area contributed by atoms with Crippen molar-refractivity contribution in [1.29, 1.82) is 0 Å². The summed E-state index contributed by atoms with van der Waals surface area (Å²) < 4.78 is 0. The molecule has 0 bridgehead atoms. The van der Waals surface area contributed by atoms with E-state index in [2.05, 4.69) is 20.8 Å². The van der Waals surface area contributed by atoms with Crippen LogP contribution in [0.15, 0.2) is 0 Å². The molecule has 0 aliphatic heterocycles. The van der Waals surface area contributed by atoms with E-state index in [4.69, 9.17) is 0 Å². The Hall–Kier alpha value is -0.0800. The molecule has 2 heteroatoms. The number of rotatable bonds is 3. The first-order valence-corrected chi connectivity index (χ1v) is 4.64. The molecule has 74 valence electrons. The Morgan fingerprint density at radius 2 is 1.58 bits per heavy atom. The third kappa shape index (κ3) is 4.07. The van der Waals surface area contributed by atoms with Crippen molar-refractivity contribution in [2.45, 2.75) is 53.2 Å². The Morgan fingerprint density at radius 3 is 1.83 bits per heavy atom. The third-order valence-electron chi connectivity index (χ3n) is 2.23. The van der Waals surface area contributed by atoms with Crippen LogP contribution >= 0.6 is 0 Å². The summed E-state index contributed by atoms with van der Waals surface area (Å²) in [6, 6.07) is 0. The highest BCUT2D eigenvalue weighted by Crippen LogP contribution is 2.30. The van der Waals surface area contributed by atoms with E-state index in [1.54, 1.807) is 6.92 Å². The Balaban J connectivity index is 4.13. The zero-order valence-corrected chi connectivity index (χ0v) is 8.89. The van der Waals surface area contributed by atoms with Gasteiger partial charge < -0.3 is 10.2 Å². The highest BCUT2D eigenvalue weighted by Gasteiger charge is 2.31. The molecule has 0 saturated heterocycles. The predicted octanol–water partition coefficient (Wildman–Crippen LogP) is 2.15. The minimum absolute atomic E-state index is 0.0671. The average molecular weight is 174 g/mol. The van der Waals surface area contributed by atoms with Gasteiger partial charge in [-0.1, -0.05) is 34.6 Å². The van der Waals surface area contributed by atoms with Crippen LogP contribution < -0.4 is 0 Å². The molecule has 0 rings (SSSR count). The van der Waals surface area contributed by atoms with Crippen LogP contribution in [0, 0.1) is 11.3 Å². The topological polar surface area (TPSA) is 40.5 Å². The fourth-order valence-electron chi connectivity index (χ4n) is 1.43. The van der Waals surface area contributed by atoms with Crippen LogP contribution in [0.3, 0.4) is 0 Å². The summed E-state index contributed by atoms with van der Waals surface area (Å²) in [7, 11) is 0. The molecule has 0 amide bonds. The van der Waals surface area contributed by atoms with E-state index >= 15 is 0 Å². The first kappa shape index (κ1) is 11.9. The maximum absolute atomic E-state index is 9.51. The lowest BCUT2D eigenvalue weighted by molar-refractivity contribution is -0.203. The molecule has 0 spiro atoms. The molecular formula is C10H22O2. The Bertz CT molecular complexity index is 133. The summed E-state index contributed by atoms with van der Waals surface area (Å²) in [4.78, 5) is 0. The first-order chi connectivity index (χ1) is 5.19. The van der Waals surface area contributed by atoms with Gasteiger partial charge in [0.1, 0.15) is 0 Å². The molecular weight excluding hydrogens is 152 g/mol. The molecule has 2 nitrogen and oxygen atoms in total. The second-order valence-corrected chi connectivity index (χ2v) is 4.90. The smallest absolute Gasteiger partial charge is 0.164 e. The molecule has 0 aliphatic rings. The van der Waals surface area contributed by atoms with Crippen molar-refractivity contribution in [3.63, 3.8) is 0 Å². The number of aliphatic hydroxyl groups is 2. The molecule has 1 unspecified atom stereocenters. The van der Waals surface area contributed by atoms with Crippen LogP contribution in [0.25, 0.3) is 0 Å².